The molecule has 0 aromatic rings. The summed E-state index contributed by atoms with van der Waals surface area (Å²) in [4.78, 5) is 22.3. The summed E-state index contributed by atoms with van der Waals surface area (Å²) in [7, 11) is -4.81. The molecule has 0 aromatic carbocycles. The molecule has 0 heterocycles. The Bertz CT molecular complexity index is 501. The van der Waals surface area contributed by atoms with Gasteiger partial charge >= 0.3 is 51.9 Å². The van der Waals surface area contributed by atoms with Crippen molar-refractivity contribution in [3.63, 3.8) is 0 Å². The van der Waals surface area contributed by atoms with Crippen molar-refractivity contribution in [2.24, 2.45) is 0 Å². The molecule has 0 spiro atoms. The van der Waals surface area contributed by atoms with Gasteiger partial charge in [-0.25, -0.2) is 0 Å². The van der Waals surface area contributed by atoms with Crippen LogP contribution in [-0.2, 0) is 33.6 Å². The monoisotopic (exact) mass is 464 g/mol. The summed E-state index contributed by atoms with van der Waals surface area (Å²) in [6, 6.07) is 0. The van der Waals surface area contributed by atoms with Gasteiger partial charge in [0.1, 0.15) is 0 Å². The van der Waals surface area contributed by atoms with Gasteiger partial charge in [0.25, 0.3) is 0 Å². The van der Waals surface area contributed by atoms with Gasteiger partial charge in [-0.3, -0.25) is 14.1 Å². The molecule has 30 heavy (non-hydrogen) atoms. The molecule has 0 aliphatic rings. The molecule has 0 radical (unpaired) electrons. The standard InChI is InChI=1S/C16H30O7S.C4H10O.Na.H/c1-2-3-4-5-6-7-8-9-10-11-14-22-15(17)12-13-16(18)23-24(19,20)21;1-3-5-4-2;;/h2-14H2,1H3,(H,19,20,21);3-4H2,1-2H3;;/q;;+1;-1. The zero-order valence-corrected chi connectivity index (χ0v) is 22.1. The smallest absolute Gasteiger partial charge is 1.00 e. The molecule has 0 aromatic heterocycles. The first-order chi connectivity index (χ1) is 13.8. The van der Waals surface area contributed by atoms with Gasteiger partial charge in [0, 0.05) is 13.2 Å². The molecule has 8 nitrogen and oxygen atoms in total. The molecule has 0 saturated carbocycles. The summed E-state index contributed by atoms with van der Waals surface area (Å²) in [6.45, 7) is 8.17. The minimum atomic E-state index is -4.81. The van der Waals surface area contributed by atoms with Crippen LogP contribution in [0.15, 0.2) is 0 Å². The minimum absolute atomic E-state index is 0. The van der Waals surface area contributed by atoms with Crippen LogP contribution in [0.2, 0.25) is 0 Å². The fourth-order valence-corrected chi connectivity index (χ4v) is 2.73. The van der Waals surface area contributed by atoms with Crippen LogP contribution in [-0.4, -0.2) is 44.7 Å². The van der Waals surface area contributed by atoms with E-state index in [0.29, 0.717) is 6.61 Å². The van der Waals surface area contributed by atoms with Crippen molar-refractivity contribution in [2.75, 3.05) is 19.8 Å². The first kappa shape index (κ1) is 34.4. The second kappa shape index (κ2) is 25.1. The van der Waals surface area contributed by atoms with Crippen LogP contribution < -0.4 is 29.6 Å². The van der Waals surface area contributed by atoms with Crippen LogP contribution in [0.25, 0.3) is 0 Å². The van der Waals surface area contributed by atoms with Crippen LogP contribution in [0, 0.1) is 0 Å². The summed E-state index contributed by atoms with van der Waals surface area (Å²) >= 11 is 0. The molecule has 0 rings (SSSR count). The first-order valence-electron chi connectivity index (χ1n) is 10.7. The molecule has 10 heteroatoms. The first-order valence-corrected chi connectivity index (χ1v) is 12.1. The predicted molar refractivity (Wildman–Crippen MR) is 113 cm³/mol. The van der Waals surface area contributed by atoms with Crippen molar-refractivity contribution in [3.05, 3.63) is 0 Å². The molecule has 0 atom stereocenters. The number of ether oxygens (including phenoxy) is 2. The maximum Gasteiger partial charge on any atom is 1.00 e. The maximum absolute atomic E-state index is 11.3. The average molecular weight is 465 g/mol. The van der Waals surface area contributed by atoms with E-state index >= 15 is 0 Å². The Morgan fingerprint density at radius 1 is 0.767 bits per heavy atom. The van der Waals surface area contributed by atoms with Gasteiger partial charge in [-0.1, -0.05) is 64.7 Å². The number of hydrogen-bond donors (Lipinski definition) is 1. The van der Waals surface area contributed by atoms with E-state index in [0.717, 1.165) is 32.5 Å². The molecule has 0 bridgehead atoms. The number of hydrogen-bond acceptors (Lipinski definition) is 7. The second-order valence-corrected chi connectivity index (χ2v) is 7.59. The summed E-state index contributed by atoms with van der Waals surface area (Å²) in [5.74, 6) is -1.77. The van der Waals surface area contributed by atoms with Crippen molar-refractivity contribution >= 4 is 22.3 Å². The molecule has 0 fully saturated rings. The van der Waals surface area contributed by atoms with Crippen molar-refractivity contribution in [3.8, 4) is 0 Å². The summed E-state index contributed by atoms with van der Waals surface area (Å²) in [6.07, 6.45) is 11.1. The number of carbonyl (C=O) groups is 2. The fraction of sp³-hybridized carbons (Fsp3) is 0.900. The number of carbonyl (C=O) groups excluding carboxylic acids is 2. The summed E-state index contributed by atoms with van der Waals surface area (Å²) < 4.78 is 42.3. The van der Waals surface area contributed by atoms with Crippen LogP contribution >= 0.6 is 0 Å². The second-order valence-electron chi connectivity index (χ2n) is 6.57. The average Bonchev–Trinajstić information content (AvgIpc) is 2.64. The van der Waals surface area contributed by atoms with Crippen molar-refractivity contribution < 1.29 is 67.2 Å². The van der Waals surface area contributed by atoms with E-state index in [2.05, 4.69) is 11.1 Å². The topological polar surface area (TPSA) is 116 Å². The third-order valence-electron chi connectivity index (χ3n) is 3.90. The zero-order valence-electron chi connectivity index (χ0n) is 20.3. The molecule has 1 N–H and O–H groups in total. The SMILES string of the molecule is CCCCCCCCCCCCOC(=O)CCC(=O)OS(=O)(=O)O.CCOCC.[H-].[Na+]. The summed E-state index contributed by atoms with van der Waals surface area (Å²) in [5.41, 5.74) is 0. The van der Waals surface area contributed by atoms with E-state index in [-0.39, 0.29) is 37.4 Å². The molecule has 0 saturated heterocycles. The van der Waals surface area contributed by atoms with Gasteiger partial charge in [0.05, 0.1) is 19.4 Å². The van der Waals surface area contributed by atoms with Gasteiger partial charge < -0.3 is 15.1 Å². The molecular weight excluding hydrogens is 423 g/mol. The number of esters is 1. The van der Waals surface area contributed by atoms with Crippen LogP contribution in [0.1, 0.15) is 99.2 Å². The van der Waals surface area contributed by atoms with Crippen molar-refractivity contribution in [2.45, 2.75) is 97.8 Å². The Morgan fingerprint density at radius 3 is 1.60 bits per heavy atom. The molecule has 0 aliphatic carbocycles. The van der Waals surface area contributed by atoms with E-state index in [9.17, 15) is 18.0 Å². The Balaban J connectivity index is -0.000000464. The quantitative estimate of drug-likeness (QED) is 0.150. The third-order valence-corrected chi connectivity index (χ3v) is 4.30. The van der Waals surface area contributed by atoms with Crippen LogP contribution in [0.4, 0.5) is 0 Å². The Morgan fingerprint density at radius 2 is 1.20 bits per heavy atom. The van der Waals surface area contributed by atoms with E-state index < -0.39 is 28.8 Å². The minimum Gasteiger partial charge on any atom is -1.00 e. The molecule has 0 amide bonds. The van der Waals surface area contributed by atoms with Gasteiger partial charge in [-0.15, -0.1) is 0 Å². The van der Waals surface area contributed by atoms with Crippen molar-refractivity contribution in [1.29, 1.82) is 0 Å². The van der Waals surface area contributed by atoms with Crippen LogP contribution in [0.5, 0.6) is 0 Å². The Hall–Kier alpha value is -0.190. The third kappa shape index (κ3) is 32.5. The van der Waals surface area contributed by atoms with E-state index in [4.69, 9.17) is 14.0 Å². The van der Waals surface area contributed by atoms with Gasteiger partial charge in [0.2, 0.25) is 0 Å². The van der Waals surface area contributed by atoms with E-state index in [1.165, 1.54) is 44.9 Å². The molecular formula is C20H41NaO8S. The number of unbranched alkanes of at least 4 members (excludes halogenated alkanes) is 9. The van der Waals surface area contributed by atoms with E-state index in [1.54, 1.807) is 0 Å². The van der Waals surface area contributed by atoms with Gasteiger partial charge in [-0.05, 0) is 20.3 Å². The predicted octanol–water partition coefficient (Wildman–Crippen LogP) is 1.74. The van der Waals surface area contributed by atoms with Crippen molar-refractivity contribution in [1.82, 2.24) is 0 Å². The van der Waals surface area contributed by atoms with E-state index in [1.807, 2.05) is 13.8 Å². The Labute approximate surface area is 206 Å². The van der Waals surface area contributed by atoms with Crippen LogP contribution in [0.3, 0.4) is 0 Å². The molecule has 0 aliphatic heterocycles. The zero-order chi connectivity index (χ0) is 22.4. The van der Waals surface area contributed by atoms with Gasteiger partial charge in [-0.2, -0.15) is 8.42 Å². The molecule has 176 valence electrons. The largest absolute Gasteiger partial charge is 1.00 e. The molecule has 0 unspecified atom stereocenters. The fourth-order valence-electron chi connectivity index (χ4n) is 2.42. The normalized spacial score (nSPS) is 10.4. The summed E-state index contributed by atoms with van der Waals surface area (Å²) in [5, 5.41) is 0. The Kier molecular flexibility index (Phi) is 28.8. The van der Waals surface area contributed by atoms with Gasteiger partial charge in [0.15, 0.2) is 0 Å². The number of rotatable bonds is 17. The maximum atomic E-state index is 11.3.